The van der Waals surface area contributed by atoms with Crippen molar-refractivity contribution in [3.05, 3.63) is 71.7 Å². The summed E-state index contributed by atoms with van der Waals surface area (Å²) >= 11 is 0. The molecule has 2 amide bonds. The SMILES string of the molecule is N#Cc1ccc(CNC(=O)c2ccc(-c3cnco3)c(O[C@H]3CCN4C(=O)OC[C@@H]4C3)c2)cc1. The molecule has 9 heteroatoms. The third-order valence-electron chi connectivity index (χ3n) is 6.07. The molecule has 5 rings (SSSR count). The van der Waals surface area contributed by atoms with E-state index in [4.69, 9.17) is 19.2 Å². The molecular formula is C25H22N4O5. The van der Waals surface area contributed by atoms with E-state index in [1.807, 2.05) is 12.1 Å². The molecule has 0 saturated carbocycles. The molecule has 172 valence electrons. The van der Waals surface area contributed by atoms with Crippen LogP contribution in [0.5, 0.6) is 5.75 Å². The zero-order valence-corrected chi connectivity index (χ0v) is 18.3. The molecule has 2 aliphatic heterocycles. The van der Waals surface area contributed by atoms with Gasteiger partial charge in [-0.15, -0.1) is 0 Å². The number of nitrogens with one attached hydrogen (secondary N) is 1. The van der Waals surface area contributed by atoms with Crippen molar-refractivity contribution in [3.63, 3.8) is 0 Å². The molecule has 0 spiro atoms. The van der Waals surface area contributed by atoms with Crippen molar-refractivity contribution < 1.29 is 23.5 Å². The minimum atomic E-state index is -0.272. The number of benzene rings is 2. The van der Waals surface area contributed by atoms with Crippen LogP contribution in [0.2, 0.25) is 0 Å². The van der Waals surface area contributed by atoms with Gasteiger partial charge >= 0.3 is 6.09 Å². The van der Waals surface area contributed by atoms with Gasteiger partial charge in [0.2, 0.25) is 0 Å². The normalized spacial score (nSPS) is 19.1. The molecule has 2 fully saturated rings. The minimum absolute atomic E-state index is 0.00103. The lowest BCUT2D eigenvalue weighted by Crippen LogP contribution is -2.44. The van der Waals surface area contributed by atoms with Crippen LogP contribution < -0.4 is 10.1 Å². The Morgan fingerprint density at radius 2 is 2.12 bits per heavy atom. The molecule has 9 nitrogen and oxygen atoms in total. The Balaban J connectivity index is 1.32. The van der Waals surface area contributed by atoms with Crippen molar-refractivity contribution in [1.29, 1.82) is 5.26 Å². The van der Waals surface area contributed by atoms with Gasteiger partial charge in [-0.3, -0.25) is 4.79 Å². The molecule has 0 aliphatic carbocycles. The van der Waals surface area contributed by atoms with Crippen LogP contribution in [0.3, 0.4) is 0 Å². The number of aromatic nitrogens is 1. The fourth-order valence-corrected chi connectivity index (χ4v) is 4.24. The van der Waals surface area contributed by atoms with Crippen LogP contribution in [-0.4, -0.2) is 47.2 Å². The first-order chi connectivity index (χ1) is 16.6. The van der Waals surface area contributed by atoms with Crippen molar-refractivity contribution in [3.8, 4) is 23.1 Å². The number of carbonyl (C=O) groups is 2. The van der Waals surface area contributed by atoms with Crippen LogP contribution in [-0.2, 0) is 11.3 Å². The second-order valence-corrected chi connectivity index (χ2v) is 8.26. The Hall–Kier alpha value is -4.32. The maximum atomic E-state index is 12.9. The third kappa shape index (κ3) is 4.43. The number of piperidine rings is 1. The van der Waals surface area contributed by atoms with Gasteiger partial charge in [0.1, 0.15) is 18.5 Å². The van der Waals surface area contributed by atoms with Crippen LogP contribution in [0.1, 0.15) is 34.3 Å². The summed E-state index contributed by atoms with van der Waals surface area (Å²) in [6.07, 6.45) is 3.85. The highest BCUT2D eigenvalue weighted by atomic mass is 16.6. The largest absolute Gasteiger partial charge is 0.489 e. The standard InChI is InChI=1S/C25H22N4O5/c26-11-16-1-3-17(4-2-16)12-28-24(30)18-5-6-21(23-13-27-15-33-23)22(9-18)34-20-7-8-29-19(10-20)14-32-25(29)31/h1-6,9,13,15,19-20H,7-8,10,12,14H2,(H,28,30)/t19-,20-/m0/s1. The van der Waals surface area contributed by atoms with Gasteiger partial charge in [-0.25, -0.2) is 9.78 Å². The number of rotatable bonds is 6. The molecule has 34 heavy (non-hydrogen) atoms. The second kappa shape index (κ2) is 9.27. The number of carbonyl (C=O) groups excluding carboxylic acids is 2. The van der Waals surface area contributed by atoms with E-state index in [1.54, 1.807) is 41.4 Å². The highest BCUT2D eigenvalue weighted by molar-refractivity contribution is 5.95. The van der Waals surface area contributed by atoms with E-state index in [0.717, 1.165) is 5.56 Å². The highest BCUT2D eigenvalue weighted by Gasteiger charge is 2.39. The number of amides is 2. The van der Waals surface area contributed by atoms with Gasteiger partial charge in [0.05, 0.1) is 29.4 Å². The van der Waals surface area contributed by atoms with E-state index < -0.39 is 0 Å². The average Bonchev–Trinajstić information content (AvgIpc) is 3.53. The fourth-order valence-electron chi connectivity index (χ4n) is 4.24. The Kier molecular flexibility index (Phi) is 5.87. The summed E-state index contributed by atoms with van der Waals surface area (Å²) in [4.78, 5) is 30.4. The molecule has 1 N–H and O–H groups in total. The van der Waals surface area contributed by atoms with Crippen molar-refractivity contribution in [2.75, 3.05) is 13.2 Å². The summed E-state index contributed by atoms with van der Waals surface area (Å²) in [6, 6.07) is 14.3. The Labute approximate surface area is 195 Å². The van der Waals surface area contributed by atoms with Crippen LogP contribution >= 0.6 is 0 Å². The van der Waals surface area contributed by atoms with E-state index >= 15 is 0 Å². The smallest absolute Gasteiger partial charge is 0.410 e. The fraction of sp³-hybridized carbons (Fsp3) is 0.280. The van der Waals surface area contributed by atoms with Crippen LogP contribution in [0.15, 0.2) is 59.5 Å². The van der Waals surface area contributed by atoms with E-state index in [-0.39, 0.29) is 24.1 Å². The molecular weight excluding hydrogens is 436 g/mol. The number of fused-ring (bicyclic) bond motifs is 1. The van der Waals surface area contributed by atoms with Gasteiger partial charge < -0.3 is 24.1 Å². The molecule has 3 aromatic rings. The highest BCUT2D eigenvalue weighted by Crippen LogP contribution is 2.34. The quantitative estimate of drug-likeness (QED) is 0.601. The van der Waals surface area contributed by atoms with Crippen molar-refractivity contribution in [2.24, 2.45) is 0 Å². The molecule has 2 atom stereocenters. The lowest BCUT2D eigenvalue weighted by Gasteiger charge is -2.32. The number of hydrogen-bond donors (Lipinski definition) is 1. The molecule has 0 radical (unpaired) electrons. The maximum Gasteiger partial charge on any atom is 0.410 e. The summed E-state index contributed by atoms with van der Waals surface area (Å²) in [7, 11) is 0. The van der Waals surface area contributed by atoms with Crippen molar-refractivity contribution in [2.45, 2.75) is 31.5 Å². The minimum Gasteiger partial charge on any atom is -0.489 e. The molecule has 2 aromatic carbocycles. The first-order valence-electron chi connectivity index (χ1n) is 11.0. The van der Waals surface area contributed by atoms with Crippen LogP contribution in [0.25, 0.3) is 11.3 Å². The van der Waals surface area contributed by atoms with Crippen molar-refractivity contribution >= 4 is 12.0 Å². The zero-order chi connectivity index (χ0) is 23.5. The maximum absolute atomic E-state index is 12.9. The van der Waals surface area contributed by atoms with Gasteiger partial charge in [0.15, 0.2) is 12.2 Å². The molecule has 2 saturated heterocycles. The zero-order valence-electron chi connectivity index (χ0n) is 18.3. The van der Waals surface area contributed by atoms with Gasteiger partial charge in [-0.2, -0.15) is 5.26 Å². The number of cyclic esters (lactones) is 1. The van der Waals surface area contributed by atoms with Gasteiger partial charge in [0, 0.05) is 31.5 Å². The number of ether oxygens (including phenoxy) is 2. The molecule has 3 heterocycles. The predicted octanol–water partition coefficient (Wildman–Crippen LogP) is 3.51. The lowest BCUT2D eigenvalue weighted by atomic mass is 10.0. The monoisotopic (exact) mass is 458 g/mol. The van der Waals surface area contributed by atoms with E-state index in [1.165, 1.54) is 6.39 Å². The first-order valence-corrected chi connectivity index (χ1v) is 11.0. The van der Waals surface area contributed by atoms with Crippen molar-refractivity contribution in [1.82, 2.24) is 15.2 Å². The number of nitriles is 1. The molecule has 2 aliphatic rings. The Bertz CT molecular complexity index is 1230. The van der Waals surface area contributed by atoms with Crippen LogP contribution in [0, 0.1) is 11.3 Å². The summed E-state index contributed by atoms with van der Waals surface area (Å²) in [6.45, 7) is 1.26. The van der Waals surface area contributed by atoms with E-state index in [9.17, 15) is 9.59 Å². The van der Waals surface area contributed by atoms with Gasteiger partial charge in [0.25, 0.3) is 5.91 Å². The predicted molar refractivity (Wildman–Crippen MR) is 120 cm³/mol. The number of nitrogens with zero attached hydrogens (tertiary/aromatic N) is 3. The lowest BCUT2D eigenvalue weighted by molar-refractivity contribution is 0.0918. The van der Waals surface area contributed by atoms with Gasteiger partial charge in [-0.1, -0.05) is 12.1 Å². The summed E-state index contributed by atoms with van der Waals surface area (Å²) in [5.41, 5.74) is 2.60. The summed E-state index contributed by atoms with van der Waals surface area (Å²) < 4.78 is 17.0. The second-order valence-electron chi connectivity index (χ2n) is 8.26. The molecule has 0 bridgehead atoms. The van der Waals surface area contributed by atoms with E-state index in [2.05, 4.69) is 16.4 Å². The Morgan fingerprint density at radius 1 is 1.26 bits per heavy atom. The number of oxazole rings is 1. The molecule has 0 unspecified atom stereocenters. The van der Waals surface area contributed by atoms with Gasteiger partial charge in [-0.05, 0) is 35.9 Å². The molecule has 1 aromatic heterocycles. The van der Waals surface area contributed by atoms with Crippen LogP contribution in [0.4, 0.5) is 4.79 Å². The third-order valence-corrected chi connectivity index (χ3v) is 6.07. The average molecular weight is 458 g/mol. The number of hydrogen-bond acceptors (Lipinski definition) is 7. The Morgan fingerprint density at radius 3 is 2.88 bits per heavy atom. The summed E-state index contributed by atoms with van der Waals surface area (Å²) in [5.74, 6) is 0.811. The topological polar surface area (TPSA) is 118 Å². The van der Waals surface area contributed by atoms with E-state index in [0.29, 0.717) is 60.7 Å². The first kappa shape index (κ1) is 21.5. The summed E-state index contributed by atoms with van der Waals surface area (Å²) in [5, 5.41) is 11.8.